The number of hydrogen-bond acceptors (Lipinski definition) is 8. The SMILES string of the molecule is CCB1OC(C)(C)C(C)(C)O1.CCc1nc(Cl)nc(CC)n1.CCc1nc(Cl)nc(Cl)n1. The molecule has 0 aromatic carbocycles. The molecule has 2 aromatic heterocycles. The Morgan fingerprint density at radius 1 is 0.594 bits per heavy atom. The van der Waals surface area contributed by atoms with Gasteiger partial charge in [0.2, 0.25) is 15.9 Å². The van der Waals surface area contributed by atoms with Crippen molar-refractivity contribution in [1.29, 1.82) is 0 Å². The minimum Gasteiger partial charge on any atom is -0.403 e. The van der Waals surface area contributed by atoms with Gasteiger partial charge in [-0.1, -0.05) is 27.7 Å². The largest absolute Gasteiger partial charge is 0.457 e. The van der Waals surface area contributed by atoms with Gasteiger partial charge in [0, 0.05) is 19.3 Å². The molecule has 0 amide bonds. The summed E-state index contributed by atoms with van der Waals surface area (Å²) in [5.41, 5.74) is -0.318. The van der Waals surface area contributed by atoms with Crippen molar-refractivity contribution in [3.8, 4) is 0 Å². The molecule has 0 aliphatic carbocycles. The molecule has 8 nitrogen and oxygen atoms in total. The lowest BCUT2D eigenvalue weighted by atomic mass is 9.87. The Morgan fingerprint density at radius 2 is 0.906 bits per heavy atom. The number of aromatic nitrogens is 6. The third-order valence-corrected chi connectivity index (χ3v) is 5.42. The van der Waals surface area contributed by atoms with E-state index in [1.54, 1.807) is 0 Å². The Kier molecular flexibility index (Phi) is 11.7. The molecule has 0 unspecified atom stereocenters. The molecule has 1 fully saturated rings. The number of nitrogens with zero attached hydrogens (tertiary/aromatic N) is 6. The Labute approximate surface area is 206 Å². The number of rotatable bonds is 4. The van der Waals surface area contributed by atoms with E-state index in [0.29, 0.717) is 17.5 Å². The monoisotopic (exact) mass is 504 g/mol. The quantitative estimate of drug-likeness (QED) is 0.504. The predicted molar refractivity (Wildman–Crippen MR) is 129 cm³/mol. The van der Waals surface area contributed by atoms with Crippen LogP contribution in [-0.2, 0) is 28.6 Å². The van der Waals surface area contributed by atoms with E-state index < -0.39 is 0 Å². The van der Waals surface area contributed by atoms with Crippen molar-refractivity contribution in [2.75, 3.05) is 0 Å². The van der Waals surface area contributed by atoms with E-state index >= 15 is 0 Å². The molecule has 1 aliphatic rings. The van der Waals surface area contributed by atoms with Gasteiger partial charge in [-0.05, 0) is 68.8 Å². The summed E-state index contributed by atoms with van der Waals surface area (Å²) >= 11 is 16.6. The lowest BCUT2D eigenvalue weighted by Gasteiger charge is -2.32. The lowest BCUT2D eigenvalue weighted by Crippen LogP contribution is -2.41. The van der Waals surface area contributed by atoms with Crippen molar-refractivity contribution >= 4 is 41.9 Å². The molecule has 0 atom stereocenters. The minimum absolute atomic E-state index is 0.0139. The first-order chi connectivity index (χ1) is 14.9. The molecule has 0 N–H and O–H groups in total. The Morgan fingerprint density at radius 3 is 1.19 bits per heavy atom. The van der Waals surface area contributed by atoms with Crippen LogP contribution in [0.25, 0.3) is 0 Å². The minimum atomic E-state index is -0.159. The molecule has 0 saturated carbocycles. The fourth-order valence-electron chi connectivity index (χ4n) is 2.41. The zero-order valence-corrected chi connectivity index (χ0v) is 22.3. The van der Waals surface area contributed by atoms with Crippen LogP contribution in [0.3, 0.4) is 0 Å². The zero-order chi connectivity index (χ0) is 24.5. The van der Waals surface area contributed by atoms with Crippen molar-refractivity contribution in [2.24, 2.45) is 0 Å². The molecule has 32 heavy (non-hydrogen) atoms. The molecule has 12 heteroatoms. The average Bonchev–Trinajstić information content (AvgIpc) is 2.94. The third-order valence-electron chi connectivity index (χ3n) is 4.91. The molecular formula is C20H32BCl3N6O2. The first-order valence-electron chi connectivity index (χ1n) is 10.7. The fourth-order valence-corrected chi connectivity index (χ4v) is 3.00. The Hall–Kier alpha value is -1.13. The summed E-state index contributed by atoms with van der Waals surface area (Å²) in [5, 5.41) is 0.599. The Balaban J connectivity index is 0.000000240. The van der Waals surface area contributed by atoms with Crippen LogP contribution in [0, 0.1) is 0 Å². The van der Waals surface area contributed by atoms with E-state index in [1.807, 2.05) is 20.8 Å². The summed E-state index contributed by atoms with van der Waals surface area (Å²) in [6, 6.07) is 0. The highest BCUT2D eigenvalue weighted by molar-refractivity contribution is 6.45. The van der Waals surface area contributed by atoms with Crippen LogP contribution in [-0.4, -0.2) is 48.2 Å². The lowest BCUT2D eigenvalue weighted by molar-refractivity contribution is 0.00578. The first kappa shape index (κ1) is 28.9. The second-order valence-corrected chi connectivity index (χ2v) is 8.90. The molecule has 0 radical (unpaired) electrons. The molecular weight excluding hydrogens is 473 g/mol. The maximum Gasteiger partial charge on any atom is 0.457 e. The fraction of sp³-hybridized carbons (Fsp3) is 0.700. The first-order valence-corrected chi connectivity index (χ1v) is 11.8. The van der Waals surface area contributed by atoms with Crippen LogP contribution in [0.4, 0.5) is 0 Å². The summed E-state index contributed by atoms with van der Waals surface area (Å²) in [4.78, 5) is 23.3. The van der Waals surface area contributed by atoms with Gasteiger partial charge in [-0.3, -0.25) is 0 Å². The van der Waals surface area contributed by atoms with Gasteiger partial charge >= 0.3 is 7.12 Å². The van der Waals surface area contributed by atoms with Crippen LogP contribution in [0.15, 0.2) is 0 Å². The molecule has 1 saturated heterocycles. The van der Waals surface area contributed by atoms with Crippen molar-refractivity contribution < 1.29 is 9.31 Å². The van der Waals surface area contributed by atoms with E-state index in [0.717, 1.165) is 30.8 Å². The maximum absolute atomic E-state index is 5.69. The van der Waals surface area contributed by atoms with E-state index in [1.165, 1.54) is 0 Å². The standard InChI is InChI=1S/C8H17BO2.C7H10ClN3.C5H5Cl2N3/c1-6-9-10-7(2,3)8(4,5)11-9;1-3-5-9-6(4-2)11-7(8)10-5;1-2-3-8-4(6)10-5(7)9-3/h6H2,1-5H3;3-4H2,1-2H3;2H2,1H3. The number of hydrogen-bond donors (Lipinski definition) is 0. The summed E-state index contributed by atoms with van der Waals surface area (Å²) in [6.07, 6.45) is 3.24. The third kappa shape index (κ3) is 9.02. The van der Waals surface area contributed by atoms with Gasteiger partial charge < -0.3 is 9.31 Å². The van der Waals surface area contributed by atoms with Crippen LogP contribution >= 0.6 is 34.8 Å². The van der Waals surface area contributed by atoms with Gasteiger partial charge in [-0.25, -0.2) is 24.9 Å². The summed E-state index contributed by atoms with van der Waals surface area (Å²) in [6.45, 7) is 16.3. The van der Waals surface area contributed by atoms with E-state index in [2.05, 4.69) is 64.5 Å². The van der Waals surface area contributed by atoms with Crippen LogP contribution in [0.1, 0.15) is 72.9 Å². The van der Waals surface area contributed by atoms with Crippen LogP contribution < -0.4 is 0 Å². The highest BCUT2D eigenvalue weighted by Crippen LogP contribution is 2.37. The smallest absolute Gasteiger partial charge is 0.403 e. The summed E-state index contributed by atoms with van der Waals surface area (Å²) in [7, 11) is -0.0139. The van der Waals surface area contributed by atoms with Gasteiger partial charge in [-0.15, -0.1) is 0 Å². The van der Waals surface area contributed by atoms with Gasteiger partial charge in [0.05, 0.1) is 11.2 Å². The van der Waals surface area contributed by atoms with Crippen molar-refractivity contribution in [3.05, 3.63) is 33.3 Å². The summed E-state index contributed by atoms with van der Waals surface area (Å²) in [5.74, 6) is 2.15. The second-order valence-electron chi connectivity index (χ2n) is 7.88. The number of aryl methyl sites for hydroxylation is 3. The zero-order valence-electron chi connectivity index (χ0n) is 20.0. The molecule has 0 spiro atoms. The second kappa shape index (κ2) is 12.9. The van der Waals surface area contributed by atoms with Gasteiger partial charge in [0.25, 0.3) is 0 Å². The molecule has 3 heterocycles. The van der Waals surface area contributed by atoms with E-state index in [4.69, 9.17) is 44.1 Å². The maximum atomic E-state index is 5.69. The van der Waals surface area contributed by atoms with Crippen LogP contribution in [0.2, 0.25) is 22.2 Å². The van der Waals surface area contributed by atoms with Crippen LogP contribution in [0.5, 0.6) is 0 Å². The predicted octanol–water partition coefficient (Wildman–Crippen LogP) is 5.49. The molecule has 1 aliphatic heterocycles. The van der Waals surface area contributed by atoms with Gasteiger partial charge in [-0.2, -0.15) is 4.98 Å². The average molecular weight is 506 g/mol. The normalized spacial score (nSPS) is 16.0. The Bertz CT molecular complexity index is 815. The number of halogens is 3. The van der Waals surface area contributed by atoms with E-state index in [-0.39, 0.29) is 28.9 Å². The molecule has 0 bridgehead atoms. The molecule has 2 aromatic rings. The van der Waals surface area contributed by atoms with Crippen molar-refractivity contribution in [3.63, 3.8) is 0 Å². The summed E-state index contributed by atoms with van der Waals surface area (Å²) < 4.78 is 11.4. The molecule has 178 valence electrons. The molecule has 3 rings (SSSR count). The topological polar surface area (TPSA) is 95.8 Å². The van der Waals surface area contributed by atoms with Crippen molar-refractivity contribution in [1.82, 2.24) is 29.9 Å². The van der Waals surface area contributed by atoms with E-state index in [9.17, 15) is 0 Å². The van der Waals surface area contributed by atoms with Crippen molar-refractivity contribution in [2.45, 2.75) is 92.2 Å². The highest BCUT2D eigenvalue weighted by atomic mass is 35.5. The van der Waals surface area contributed by atoms with Gasteiger partial charge in [0.15, 0.2) is 0 Å². The highest BCUT2D eigenvalue weighted by Gasteiger charge is 2.49. The van der Waals surface area contributed by atoms with Gasteiger partial charge in [0.1, 0.15) is 17.5 Å².